The molecule has 0 saturated carbocycles. The van der Waals surface area contributed by atoms with E-state index in [0.29, 0.717) is 16.3 Å². The van der Waals surface area contributed by atoms with E-state index in [2.05, 4.69) is 67.9 Å². The van der Waals surface area contributed by atoms with Gasteiger partial charge in [-0.05, 0) is 50.9 Å². The van der Waals surface area contributed by atoms with Gasteiger partial charge in [0.05, 0.1) is 10.2 Å². The van der Waals surface area contributed by atoms with E-state index in [0.717, 1.165) is 22.5 Å². The van der Waals surface area contributed by atoms with Crippen molar-refractivity contribution < 1.29 is 4.42 Å². The zero-order chi connectivity index (χ0) is 14.9. The summed E-state index contributed by atoms with van der Waals surface area (Å²) in [7, 11) is 0. The van der Waals surface area contributed by atoms with Crippen molar-refractivity contribution >= 4 is 37.7 Å². The van der Waals surface area contributed by atoms with Gasteiger partial charge >= 0.3 is 0 Å². The van der Waals surface area contributed by atoms with Crippen molar-refractivity contribution in [1.82, 2.24) is 9.97 Å². The van der Waals surface area contributed by atoms with Crippen LogP contribution in [0, 0.1) is 0 Å². The monoisotopic (exact) mass is 401 g/mol. The smallest absolute Gasteiger partial charge is 0.198 e. The highest BCUT2D eigenvalue weighted by Gasteiger charge is 2.24. The van der Waals surface area contributed by atoms with Crippen LogP contribution in [0.2, 0.25) is 0 Å². The summed E-state index contributed by atoms with van der Waals surface area (Å²) in [4.78, 5) is 9.19. The molecule has 0 saturated heterocycles. The summed E-state index contributed by atoms with van der Waals surface area (Å²) in [5.74, 6) is 2.02. The molecule has 0 amide bonds. The molecule has 2 heterocycles. The second-order valence-electron chi connectivity index (χ2n) is 5.44. The number of rotatable bonds is 3. The largest absolute Gasteiger partial charge is 0.446 e. The van der Waals surface area contributed by atoms with Crippen LogP contribution in [-0.4, -0.2) is 16.5 Å². The number of aromatic nitrogens is 2. The number of anilines is 1. The van der Waals surface area contributed by atoms with Crippen molar-refractivity contribution in [3.63, 3.8) is 0 Å². The molecule has 0 radical (unpaired) electrons. The third kappa shape index (κ3) is 3.23. The van der Waals surface area contributed by atoms with Crippen LogP contribution in [0.4, 0.5) is 5.82 Å². The van der Waals surface area contributed by atoms with E-state index in [-0.39, 0.29) is 5.41 Å². The number of halogens is 2. The number of furan rings is 1. The maximum absolute atomic E-state index is 5.56. The second-order valence-corrected chi connectivity index (χ2v) is 7.02. The highest BCUT2D eigenvalue weighted by atomic mass is 79.9. The molecule has 6 heteroatoms. The van der Waals surface area contributed by atoms with Crippen molar-refractivity contribution in [1.29, 1.82) is 0 Å². The summed E-state index contributed by atoms with van der Waals surface area (Å²) in [5.41, 5.74) is 0.857. The number of nitrogens with zero attached hydrogens (tertiary/aromatic N) is 2. The molecule has 2 aromatic rings. The van der Waals surface area contributed by atoms with Gasteiger partial charge < -0.3 is 9.73 Å². The summed E-state index contributed by atoms with van der Waals surface area (Å²) in [5, 5.41) is 3.25. The van der Waals surface area contributed by atoms with E-state index in [4.69, 9.17) is 4.42 Å². The Morgan fingerprint density at radius 2 is 1.90 bits per heavy atom. The Hall–Kier alpha value is -0.880. The molecule has 20 heavy (non-hydrogen) atoms. The maximum Gasteiger partial charge on any atom is 0.198 e. The first kappa shape index (κ1) is 15.5. The predicted octanol–water partition coefficient (Wildman–Crippen LogP) is 4.99. The molecule has 0 atom stereocenters. The van der Waals surface area contributed by atoms with Crippen molar-refractivity contribution in [2.24, 2.45) is 0 Å². The lowest BCUT2D eigenvalue weighted by Gasteiger charge is -2.21. The average Bonchev–Trinajstić information content (AvgIpc) is 2.77. The summed E-state index contributed by atoms with van der Waals surface area (Å²) >= 11 is 6.91. The van der Waals surface area contributed by atoms with E-state index < -0.39 is 0 Å². The Morgan fingerprint density at radius 3 is 2.40 bits per heavy atom. The van der Waals surface area contributed by atoms with Crippen molar-refractivity contribution in [3.05, 3.63) is 27.0 Å². The van der Waals surface area contributed by atoms with Gasteiger partial charge in [-0.15, -0.1) is 0 Å². The SMILES string of the molecule is CCNc1nc(-c2ccc(Br)o2)nc(C(C)(C)C)c1Br. The molecule has 0 aliphatic rings. The van der Waals surface area contributed by atoms with Gasteiger partial charge in [-0.3, -0.25) is 0 Å². The van der Waals surface area contributed by atoms with Gasteiger partial charge in [-0.25, -0.2) is 9.97 Å². The van der Waals surface area contributed by atoms with Crippen LogP contribution in [-0.2, 0) is 5.41 Å². The van der Waals surface area contributed by atoms with Crippen molar-refractivity contribution in [3.8, 4) is 11.6 Å². The van der Waals surface area contributed by atoms with Gasteiger partial charge in [-0.1, -0.05) is 20.8 Å². The standard InChI is InChI=1S/C14H17Br2N3O/c1-5-17-13-10(16)11(14(2,3)4)18-12(19-13)8-6-7-9(15)20-8/h6-7H,5H2,1-4H3,(H,17,18,19). The van der Waals surface area contributed by atoms with Crippen LogP contribution in [0.5, 0.6) is 0 Å². The maximum atomic E-state index is 5.56. The molecule has 1 N–H and O–H groups in total. The Morgan fingerprint density at radius 1 is 1.20 bits per heavy atom. The molecule has 4 nitrogen and oxygen atoms in total. The molecule has 0 aliphatic carbocycles. The molecule has 0 aliphatic heterocycles. The van der Waals surface area contributed by atoms with Crippen LogP contribution < -0.4 is 5.32 Å². The van der Waals surface area contributed by atoms with Crippen molar-refractivity contribution in [2.75, 3.05) is 11.9 Å². The third-order valence-electron chi connectivity index (χ3n) is 2.70. The first-order valence-electron chi connectivity index (χ1n) is 6.40. The van der Waals surface area contributed by atoms with E-state index >= 15 is 0 Å². The lowest BCUT2D eigenvalue weighted by molar-refractivity contribution is 0.542. The molecule has 0 bridgehead atoms. The zero-order valence-electron chi connectivity index (χ0n) is 11.9. The van der Waals surface area contributed by atoms with Gasteiger partial charge in [0.15, 0.2) is 16.3 Å². The lowest BCUT2D eigenvalue weighted by Crippen LogP contribution is -2.17. The van der Waals surface area contributed by atoms with Gasteiger partial charge in [0.25, 0.3) is 0 Å². The van der Waals surface area contributed by atoms with E-state index in [1.165, 1.54) is 0 Å². The minimum atomic E-state index is -0.0927. The molecule has 2 rings (SSSR count). The van der Waals surface area contributed by atoms with E-state index in [1.54, 1.807) is 0 Å². The van der Waals surface area contributed by atoms with Crippen LogP contribution in [0.3, 0.4) is 0 Å². The topological polar surface area (TPSA) is 51.0 Å². The quantitative estimate of drug-likeness (QED) is 0.785. The Labute approximate surface area is 135 Å². The van der Waals surface area contributed by atoms with E-state index in [9.17, 15) is 0 Å². The molecule has 0 spiro atoms. The summed E-state index contributed by atoms with van der Waals surface area (Å²) in [6.07, 6.45) is 0. The molecular formula is C14H17Br2N3O. The molecule has 0 unspecified atom stereocenters. The molecule has 108 valence electrons. The Bertz CT molecular complexity index is 617. The molecular weight excluding hydrogens is 386 g/mol. The predicted molar refractivity (Wildman–Crippen MR) is 88.0 cm³/mol. The first-order chi connectivity index (χ1) is 9.32. The number of nitrogens with one attached hydrogen (secondary N) is 1. The average molecular weight is 403 g/mol. The first-order valence-corrected chi connectivity index (χ1v) is 7.99. The zero-order valence-corrected chi connectivity index (χ0v) is 15.1. The summed E-state index contributed by atoms with van der Waals surface area (Å²) < 4.78 is 7.13. The highest BCUT2D eigenvalue weighted by molar-refractivity contribution is 9.10. The fourth-order valence-electron chi connectivity index (χ4n) is 1.77. The summed E-state index contributed by atoms with van der Waals surface area (Å²) in [6, 6.07) is 3.69. The minimum Gasteiger partial charge on any atom is -0.446 e. The fraction of sp³-hybridized carbons (Fsp3) is 0.429. The van der Waals surface area contributed by atoms with Gasteiger partial charge in [-0.2, -0.15) is 0 Å². The second kappa shape index (κ2) is 5.85. The van der Waals surface area contributed by atoms with E-state index in [1.807, 2.05) is 19.1 Å². The van der Waals surface area contributed by atoms with Crippen LogP contribution >= 0.6 is 31.9 Å². The molecule has 0 aromatic carbocycles. The molecule has 0 fully saturated rings. The number of hydrogen-bond acceptors (Lipinski definition) is 4. The summed E-state index contributed by atoms with van der Waals surface area (Å²) in [6.45, 7) is 9.20. The highest BCUT2D eigenvalue weighted by Crippen LogP contribution is 2.35. The Kier molecular flexibility index (Phi) is 4.54. The lowest BCUT2D eigenvalue weighted by atomic mass is 9.92. The minimum absolute atomic E-state index is 0.0927. The van der Waals surface area contributed by atoms with Crippen LogP contribution in [0.1, 0.15) is 33.4 Å². The fourth-order valence-corrected chi connectivity index (χ4v) is 2.99. The number of hydrogen-bond donors (Lipinski definition) is 1. The molecule has 2 aromatic heterocycles. The van der Waals surface area contributed by atoms with Crippen molar-refractivity contribution in [2.45, 2.75) is 33.1 Å². The third-order valence-corrected chi connectivity index (χ3v) is 3.88. The van der Waals surface area contributed by atoms with Gasteiger partial charge in [0.1, 0.15) is 5.82 Å². The van der Waals surface area contributed by atoms with Gasteiger partial charge in [0.2, 0.25) is 0 Å². The Balaban J connectivity index is 2.61. The van der Waals surface area contributed by atoms with Crippen LogP contribution in [0.15, 0.2) is 25.7 Å². The van der Waals surface area contributed by atoms with Crippen LogP contribution in [0.25, 0.3) is 11.6 Å². The van der Waals surface area contributed by atoms with Gasteiger partial charge in [0, 0.05) is 12.0 Å². The normalized spacial score (nSPS) is 11.7.